The SMILES string of the molecule is C=CCN(C(=O)NCc1ccc(Cl)c(Cl)c1)N1CC(=O)N2[C@@H](Cc3ccc(OC(=O)NCCN(C)C)cc3)C(=O)N(Cc3cccc4sc(NC)nc34)C[C@@H]21. The number of halogens is 2. The third kappa shape index (κ3) is 9.31. The summed E-state index contributed by atoms with van der Waals surface area (Å²) in [6.07, 6.45) is 0.544. The predicted octanol–water partition coefficient (Wildman–Crippen LogP) is 5.03. The molecule has 3 N–H and O–H groups in total. The normalized spacial score (nSPS) is 17.1. The Morgan fingerprint density at radius 2 is 1.82 bits per heavy atom. The second kappa shape index (κ2) is 17.7. The Hall–Kier alpha value is -4.93. The standard InChI is InChI=1S/C38H43Cl2N9O5S/c1-5-16-47(37(52)43-20-25-11-14-28(39)29(40)18-25)48-23-33(50)49-30(19-24-9-12-27(13-10-24)54-38(53)42-15-17-45(3)4)35(51)46(22-32(48)49)21-26-7-6-8-31-34(26)44-36(41-2)55-31/h5-14,18,30,32H,1,15-17,19-23H2,2-4H3,(H,41,44)(H,42,53)(H,43,52)/t30-,32+/m0/s1. The number of likely N-dealkylation sites (N-methyl/N-ethyl adjacent to an activating group) is 1. The highest BCUT2D eigenvalue weighted by molar-refractivity contribution is 7.22. The minimum atomic E-state index is -0.885. The summed E-state index contributed by atoms with van der Waals surface area (Å²) in [6.45, 7) is 5.49. The van der Waals surface area contributed by atoms with Crippen molar-refractivity contribution in [3.63, 3.8) is 0 Å². The number of thiazole rings is 1. The highest BCUT2D eigenvalue weighted by atomic mass is 35.5. The van der Waals surface area contributed by atoms with Crippen molar-refractivity contribution >= 4 is 73.8 Å². The van der Waals surface area contributed by atoms with Crippen molar-refractivity contribution in [1.29, 1.82) is 0 Å². The van der Waals surface area contributed by atoms with E-state index in [0.29, 0.717) is 28.9 Å². The third-order valence-corrected chi connectivity index (χ3v) is 11.1. The summed E-state index contributed by atoms with van der Waals surface area (Å²) in [5, 5.41) is 13.4. The Kier molecular flexibility index (Phi) is 12.8. The van der Waals surface area contributed by atoms with E-state index in [4.69, 9.17) is 32.9 Å². The highest BCUT2D eigenvalue weighted by Crippen LogP contribution is 2.33. The van der Waals surface area contributed by atoms with Crippen molar-refractivity contribution in [1.82, 2.24) is 40.3 Å². The number of urea groups is 1. The Labute approximate surface area is 333 Å². The molecule has 3 heterocycles. The topological polar surface area (TPSA) is 143 Å². The van der Waals surface area contributed by atoms with Gasteiger partial charge in [-0.2, -0.15) is 5.01 Å². The van der Waals surface area contributed by atoms with Crippen LogP contribution in [0.15, 0.2) is 73.3 Å². The molecule has 1 aromatic heterocycles. The van der Waals surface area contributed by atoms with E-state index in [-0.39, 0.29) is 51.0 Å². The lowest BCUT2D eigenvalue weighted by atomic mass is 9.99. The van der Waals surface area contributed by atoms with Gasteiger partial charge < -0.3 is 35.4 Å². The second-order valence-electron chi connectivity index (χ2n) is 13.4. The lowest BCUT2D eigenvalue weighted by Gasteiger charge is -2.46. The second-order valence-corrected chi connectivity index (χ2v) is 15.2. The molecule has 2 aliphatic rings. The van der Waals surface area contributed by atoms with E-state index in [1.807, 2.05) is 44.2 Å². The van der Waals surface area contributed by atoms with Gasteiger partial charge >= 0.3 is 12.1 Å². The van der Waals surface area contributed by atoms with Gasteiger partial charge in [0.05, 0.1) is 39.9 Å². The maximum absolute atomic E-state index is 14.5. The van der Waals surface area contributed by atoms with Crippen LogP contribution in [0.3, 0.4) is 0 Å². The van der Waals surface area contributed by atoms with Crippen molar-refractivity contribution in [3.8, 4) is 5.75 Å². The molecule has 2 fully saturated rings. The number of carbonyl (C=O) groups excluding carboxylic acids is 4. The lowest BCUT2D eigenvalue weighted by Crippen LogP contribution is -2.66. The van der Waals surface area contributed by atoms with Gasteiger partial charge in [-0.1, -0.05) is 70.9 Å². The average Bonchev–Trinajstić information content (AvgIpc) is 3.74. The molecular formula is C38H43Cl2N9O5S. The predicted molar refractivity (Wildman–Crippen MR) is 214 cm³/mol. The van der Waals surface area contributed by atoms with E-state index in [1.165, 1.54) is 16.3 Å². The molecule has 0 unspecified atom stereocenters. The molecule has 0 bridgehead atoms. The summed E-state index contributed by atoms with van der Waals surface area (Å²) in [5.74, 6) is -0.176. The van der Waals surface area contributed by atoms with Crippen LogP contribution in [0.5, 0.6) is 5.75 Å². The molecule has 0 radical (unpaired) electrons. The van der Waals surface area contributed by atoms with E-state index in [2.05, 4.69) is 22.5 Å². The van der Waals surface area contributed by atoms with Gasteiger partial charge in [-0.05, 0) is 61.1 Å². The Morgan fingerprint density at radius 3 is 2.53 bits per heavy atom. The van der Waals surface area contributed by atoms with Crippen LogP contribution in [0.1, 0.15) is 16.7 Å². The minimum Gasteiger partial charge on any atom is -0.410 e. The quantitative estimate of drug-likeness (QED) is 0.150. The van der Waals surface area contributed by atoms with Crippen LogP contribution >= 0.6 is 34.5 Å². The number of para-hydroxylation sites is 1. The number of ether oxygens (including phenoxy) is 1. The zero-order valence-corrected chi connectivity index (χ0v) is 33.1. The highest BCUT2D eigenvalue weighted by Gasteiger charge is 2.52. The van der Waals surface area contributed by atoms with Crippen LogP contribution in [0.2, 0.25) is 10.0 Å². The maximum Gasteiger partial charge on any atom is 0.412 e. The number of rotatable bonds is 14. The van der Waals surface area contributed by atoms with Crippen LogP contribution in [0, 0.1) is 0 Å². The number of fused-ring (bicyclic) bond motifs is 2. The molecule has 3 aromatic carbocycles. The number of hydrazine groups is 1. The van der Waals surface area contributed by atoms with Crippen LogP contribution in [-0.4, -0.2) is 120 Å². The zero-order chi connectivity index (χ0) is 39.2. The Bertz CT molecular complexity index is 2060. The molecule has 17 heteroatoms. The van der Waals surface area contributed by atoms with Gasteiger partial charge in [-0.25, -0.2) is 14.6 Å². The number of nitrogens with one attached hydrogen (secondary N) is 3. The maximum atomic E-state index is 14.5. The molecule has 5 amide bonds. The molecule has 6 rings (SSSR count). The molecule has 0 spiro atoms. The molecule has 0 aliphatic carbocycles. The van der Waals surface area contributed by atoms with Crippen molar-refractivity contribution in [2.75, 3.05) is 59.2 Å². The number of benzene rings is 3. The van der Waals surface area contributed by atoms with Gasteiger partial charge in [0.25, 0.3) is 0 Å². The van der Waals surface area contributed by atoms with Crippen LogP contribution in [-0.2, 0) is 29.1 Å². The Morgan fingerprint density at radius 1 is 1.05 bits per heavy atom. The van der Waals surface area contributed by atoms with Crippen molar-refractivity contribution < 1.29 is 23.9 Å². The first kappa shape index (κ1) is 39.8. The monoisotopic (exact) mass is 807 g/mol. The fourth-order valence-electron chi connectivity index (χ4n) is 6.62. The van der Waals surface area contributed by atoms with Gasteiger partial charge in [0.1, 0.15) is 18.0 Å². The van der Waals surface area contributed by atoms with Gasteiger partial charge in [-0.15, -0.1) is 6.58 Å². The molecule has 2 aliphatic heterocycles. The molecule has 55 heavy (non-hydrogen) atoms. The summed E-state index contributed by atoms with van der Waals surface area (Å²) in [6, 6.07) is 16.5. The van der Waals surface area contributed by atoms with Gasteiger partial charge in [-0.3, -0.25) is 14.6 Å². The van der Waals surface area contributed by atoms with Crippen LogP contribution < -0.4 is 20.7 Å². The molecule has 14 nitrogen and oxygen atoms in total. The zero-order valence-electron chi connectivity index (χ0n) is 30.8. The minimum absolute atomic E-state index is 0.110. The molecule has 2 saturated heterocycles. The van der Waals surface area contributed by atoms with E-state index in [0.717, 1.165) is 32.0 Å². The Balaban J connectivity index is 1.26. The first-order chi connectivity index (χ1) is 26.4. The summed E-state index contributed by atoms with van der Waals surface area (Å²) < 4.78 is 6.41. The summed E-state index contributed by atoms with van der Waals surface area (Å²) in [4.78, 5) is 64.6. The number of amides is 5. The molecule has 290 valence electrons. The summed E-state index contributed by atoms with van der Waals surface area (Å²) >= 11 is 13.8. The van der Waals surface area contributed by atoms with Gasteiger partial charge in [0.2, 0.25) is 11.8 Å². The summed E-state index contributed by atoms with van der Waals surface area (Å²) in [7, 11) is 5.63. The summed E-state index contributed by atoms with van der Waals surface area (Å²) in [5.41, 5.74) is 3.15. The molecule has 4 aromatic rings. The molecule has 2 atom stereocenters. The van der Waals surface area contributed by atoms with Crippen molar-refractivity contribution in [3.05, 3.63) is 100 Å². The van der Waals surface area contributed by atoms with Crippen LogP contribution in [0.4, 0.5) is 14.7 Å². The first-order valence-electron chi connectivity index (χ1n) is 17.7. The number of piperazine rings is 1. The van der Waals surface area contributed by atoms with E-state index in [9.17, 15) is 19.2 Å². The third-order valence-electron chi connectivity index (χ3n) is 9.31. The first-order valence-corrected chi connectivity index (χ1v) is 19.2. The molecule has 0 saturated carbocycles. The number of carbonyl (C=O) groups is 4. The van der Waals surface area contributed by atoms with E-state index in [1.54, 1.807) is 63.3 Å². The van der Waals surface area contributed by atoms with Crippen molar-refractivity contribution in [2.24, 2.45) is 0 Å². The van der Waals surface area contributed by atoms with Crippen LogP contribution in [0.25, 0.3) is 10.2 Å². The fraction of sp³-hybridized carbons (Fsp3) is 0.342. The number of hydrogen-bond donors (Lipinski definition) is 3. The largest absolute Gasteiger partial charge is 0.412 e. The van der Waals surface area contributed by atoms with Gasteiger partial charge in [0.15, 0.2) is 5.13 Å². The number of hydrogen-bond acceptors (Lipinski definition) is 10. The van der Waals surface area contributed by atoms with E-state index < -0.39 is 24.3 Å². The number of aromatic nitrogens is 1. The number of anilines is 1. The lowest BCUT2D eigenvalue weighted by molar-refractivity contribution is -0.157. The average molecular weight is 809 g/mol. The van der Waals surface area contributed by atoms with E-state index >= 15 is 0 Å². The smallest absolute Gasteiger partial charge is 0.410 e. The fourth-order valence-corrected chi connectivity index (χ4v) is 7.81. The number of nitrogens with zero attached hydrogens (tertiary/aromatic N) is 6. The van der Waals surface area contributed by atoms with Crippen molar-refractivity contribution in [2.45, 2.75) is 31.7 Å². The van der Waals surface area contributed by atoms with Gasteiger partial charge in [0, 0.05) is 39.6 Å². The molecular weight excluding hydrogens is 765 g/mol.